The van der Waals surface area contributed by atoms with Gasteiger partial charge in [-0.3, -0.25) is 0 Å². The van der Waals surface area contributed by atoms with Crippen LogP contribution in [0.25, 0.3) is 0 Å². The maximum Gasteiger partial charge on any atom is 0.227 e. The molecule has 1 aromatic rings. The lowest BCUT2D eigenvalue weighted by molar-refractivity contribution is 0.436. The van der Waals surface area contributed by atoms with Gasteiger partial charge in [-0.05, 0) is 37.7 Å². The van der Waals surface area contributed by atoms with Gasteiger partial charge in [-0.1, -0.05) is 19.8 Å². The fraction of sp³-hybridized carbons (Fsp3) is 0.750. The second-order valence-electron chi connectivity index (χ2n) is 6.29. The molecule has 3 heterocycles. The first kappa shape index (κ1) is 13.7. The molecule has 4 nitrogen and oxygen atoms in total. The smallest absolute Gasteiger partial charge is 0.227 e. The highest BCUT2D eigenvalue weighted by atomic mass is 15.3. The second kappa shape index (κ2) is 6.42. The average molecular weight is 274 g/mol. The molecule has 2 aliphatic rings. The first-order valence-corrected chi connectivity index (χ1v) is 8.16. The molecule has 0 atom stereocenters. The maximum absolute atomic E-state index is 4.83. The monoisotopic (exact) mass is 274 g/mol. The van der Waals surface area contributed by atoms with Crippen LogP contribution in [0.1, 0.15) is 45.4 Å². The Morgan fingerprint density at radius 3 is 2.35 bits per heavy atom. The summed E-state index contributed by atoms with van der Waals surface area (Å²) >= 11 is 0. The Kier molecular flexibility index (Phi) is 4.38. The zero-order chi connectivity index (χ0) is 13.8. The Balaban J connectivity index is 1.71. The summed E-state index contributed by atoms with van der Waals surface area (Å²) in [4.78, 5) is 14.1. The van der Waals surface area contributed by atoms with Gasteiger partial charge < -0.3 is 9.80 Å². The SMILES string of the molecule is CC1CCN(c2ccnc(N3CCCCCC3)n2)CC1. The number of piperidine rings is 1. The van der Waals surface area contributed by atoms with Gasteiger partial charge in [0, 0.05) is 32.4 Å². The number of rotatable bonds is 2. The molecule has 1 aromatic heterocycles. The van der Waals surface area contributed by atoms with Crippen molar-refractivity contribution in [2.24, 2.45) is 5.92 Å². The molecule has 4 heteroatoms. The first-order valence-electron chi connectivity index (χ1n) is 8.16. The van der Waals surface area contributed by atoms with E-state index in [1.165, 1.54) is 38.5 Å². The molecule has 0 saturated carbocycles. The normalized spacial score (nSPS) is 21.9. The quantitative estimate of drug-likeness (QED) is 0.829. The van der Waals surface area contributed by atoms with Crippen molar-refractivity contribution in [3.8, 4) is 0 Å². The van der Waals surface area contributed by atoms with Crippen molar-refractivity contribution >= 4 is 11.8 Å². The van der Waals surface area contributed by atoms with Crippen molar-refractivity contribution in [2.45, 2.75) is 45.4 Å². The van der Waals surface area contributed by atoms with Crippen molar-refractivity contribution in [1.29, 1.82) is 0 Å². The van der Waals surface area contributed by atoms with Gasteiger partial charge in [-0.15, -0.1) is 0 Å². The number of nitrogens with zero attached hydrogens (tertiary/aromatic N) is 4. The lowest BCUT2D eigenvalue weighted by Crippen LogP contribution is -2.34. The molecule has 20 heavy (non-hydrogen) atoms. The molecule has 2 aliphatic heterocycles. The Morgan fingerprint density at radius 2 is 1.65 bits per heavy atom. The highest BCUT2D eigenvalue weighted by Gasteiger charge is 2.19. The fourth-order valence-corrected chi connectivity index (χ4v) is 3.18. The third kappa shape index (κ3) is 3.22. The van der Waals surface area contributed by atoms with Crippen molar-refractivity contribution in [3.63, 3.8) is 0 Å². The van der Waals surface area contributed by atoms with E-state index in [-0.39, 0.29) is 0 Å². The predicted octanol–water partition coefficient (Wildman–Crippen LogP) is 3.09. The van der Waals surface area contributed by atoms with Gasteiger partial charge in [0.15, 0.2) is 0 Å². The average Bonchev–Trinajstić information content (AvgIpc) is 2.77. The minimum Gasteiger partial charge on any atom is -0.356 e. The van der Waals surface area contributed by atoms with E-state index in [9.17, 15) is 0 Å². The first-order chi connectivity index (χ1) is 9.83. The van der Waals surface area contributed by atoms with E-state index < -0.39 is 0 Å². The molecular weight excluding hydrogens is 248 g/mol. The van der Waals surface area contributed by atoms with Crippen LogP contribution in [-0.4, -0.2) is 36.1 Å². The summed E-state index contributed by atoms with van der Waals surface area (Å²) in [6.07, 6.45) is 9.73. The van der Waals surface area contributed by atoms with Crippen molar-refractivity contribution in [2.75, 3.05) is 36.0 Å². The van der Waals surface area contributed by atoms with Gasteiger partial charge in [0.25, 0.3) is 0 Å². The molecule has 0 spiro atoms. The zero-order valence-corrected chi connectivity index (χ0v) is 12.6. The van der Waals surface area contributed by atoms with Crippen molar-refractivity contribution < 1.29 is 0 Å². The zero-order valence-electron chi connectivity index (χ0n) is 12.6. The van der Waals surface area contributed by atoms with E-state index >= 15 is 0 Å². The number of aromatic nitrogens is 2. The van der Waals surface area contributed by atoms with E-state index in [2.05, 4.69) is 27.8 Å². The van der Waals surface area contributed by atoms with Crippen LogP contribution in [0.3, 0.4) is 0 Å². The molecule has 0 radical (unpaired) electrons. The van der Waals surface area contributed by atoms with Crippen LogP contribution in [0.5, 0.6) is 0 Å². The van der Waals surface area contributed by atoms with Gasteiger partial charge in [-0.2, -0.15) is 4.98 Å². The molecule has 110 valence electrons. The molecule has 0 N–H and O–H groups in total. The highest BCUT2D eigenvalue weighted by Crippen LogP contribution is 2.23. The molecule has 0 aromatic carbocycles. The van der Waals surface area contributed by atoms with Gasteiger partial charge in [0.2, 0.25) is 5.95 Å². The van der Waals surface area contributed by atoms with E-state index in [1.807, 2.05) is 6.20 Å². The topological polar surface area (TPSA) is 32.3 Å². The molecule has 0 bridgehead atoms. The minimum atomic E-state index is 0.859. The largest absolute Gasteiger partial charge is 0.356 e. The third-order valence-corrected chi connectivity index (χ3v) is 4.62. The Hall–Kier alpha value is -1.32. The Bertz CT molecular complexity index is 418. The summed E-state index contributed by atoms with van der Waals surface area (Å²) in [6, 6.07) is 2.07. The van der Waals surface area contributed by atoms with Crippen LogP contribution in [0.15, 0.2) is 12.3 Å². The molecule has 0 amide bonds. The minimum absolute atomic E-state index is 0.859. The van der Waals surface area contributed by atoms with Gasteiger partial charge >= 0.3 is 0 Å². The summed E-state index contributed by atoms with van der Waals surface area (Å²) in [6.45, 7) is 6.84. The van der Waals surface area contributed by atoms with Crippen LogP contribution >= 0.6 is 0 Å². The molecule has 0 aliphatic carbocycles. The highest BCUT2D eigenvalue weighted by molar-refractivity contribution is 5.44. The number of hydrogen-bond donors (Lipinski definition) is 0. The summed E-state index contributed by atoms with van der Waals surface area (Å²) in [5, 5.41) is 0. The molecule has 2 fully saturated rings. The van der Waals surface area contributed by atoms with E-state index in [0.29, 0.717) is 0 Å². The molecule has 2 saturated heterocycles. The second-order valence-corrected chi connectivity index (χ2v) is 6.29. The maximum atomic E-state index is 4.83. The molecule has 0 unspecified atom stereocenters. The lowest BCUT2D eigenvalue weighted by atomic mass is 9.99. The van der Waals surface area contributed by atoms with Crippen molar-refractivity contribution in [3.05, 3.63) is 12.3 Å². The number of anilines is 2. The lowest BCUT2D eigenvalue weighted by Gasteiger charge is -2.31. The number of hydrogen-bond acceptors (Lipinski definition) is 4. The third-order valence-electron chi connectivity index (χ3n) is 4.62. The summed E-state index contributed by atoms with van der Waals surface area (Å²) < 4.78 is 0. The Labute approximate surface area is 122 Å². The van der Waals surface area contributed by atoms with Crippen LogP contribution in [0.2, 0.25) is 0 Å². The van der Waals surface area contributed by atoms with E-state index in [0.717, 1.165) is 43.9 Å². The van der Waals surface area contributed by atoms with Crippen LogP contribution in [-0.2, 0) is 0 Å². The van der Waals surface area contributed by atoms with Crippen LogP contribution < -0.4 is 9.80 Å². The van der Waals surface area contributed by atoms with Gasteiger partial charge in [0.1, 0.15) is 5.82 Å². The van der Waals surface area contributed by atoms with E-state index in [1.54, 1.807) is 0 Å². The molecular formula is C16H26N4. The van der Waals surface area contributed by atoms with Gasteiger partial charge in [-0.25, -0.2) is 4.98 Å². The Morgan fingerprint density at radius 1 is 0.950 bits per heavy atom. The fourth-order valence-electron chi connectivity index (χ4n) is 3.18. The van der Waals surface area contributed by atoms with Crippen LogP contribution in [0, 0.1) is 5.92 Å². The summed E-state index contributed by atoms with van der Waals surface area (Å²) in [5.74, 6) is 2.91. The summed E-state index contributed by atoms with van der Waals surface area (Å²) in [7, 11) is 0. The van der Waals surface area contributed by atoms with Crippen LogP contribution in [0.4, 0.5) is 11.8 Å². The van der Waals surface area contributed by atoms with E-state index in [4.69, 9.17) is 4.98 Å². The predicted molar refractivity (Wildman–Crippen MR) is 83.3 cm³/mol. The summed E-state index contributed by atoms with van der Waals surface area (Å²) in [5.41, 5.74) is 0. The van der Waals surface area contributed by atoms with Crippen molar-refractivity contribution in [1.82, 2.24) is 9.97 Å². The molecule has 3 rings (SSSR count). The van der Waals surface area contributed by atoms with Gasteiger partial charge in [0.05, 0.1) is 0 Å². The standard InChI is InChI=1S/C16H26N4/c1-14-7-12-19(13-8-14)15-6-9-17-16(18-15)20-10-4-2-3-5-11-20/h6,9,14H,2-5,7-8,10-13H2,1H3.